The van der Waals surface area contributed by atoms with Crippen molar-refractivity contribution in [1.29, 1.82) is 0 Å². The summed E-state index contributed by atoms with van der Waals surface area (Å²) in [5.41, 5.74) is 2.79. The van der Waals surface area contributed by atoms with E-state index in [4.69, 9.17) is 0 Å². The van der Waals surface area contributed by atoms with Crippen LogP contribution in [0.4, 0.5) is 5.69 Å². The number of amides is 3. The number of carbonyl (C=O) groups is 3. The first-order valence-electron chi connectivity index (χ1n) is 7.66. The second-order valence-electron chi connectivity index (χ2n) is 6.08. The van der Waals surface area contributed by atoms with Crippen LogP contribution in [0.3, 0.4) is 0 Å². The summed E-state index contributed by atoms with van der Waals surface area (Å²) in [5, 5.41) is 2.32. The summed E-state index contributed by atoms with van der Waals surface area (Å²) >= 11 is 0. The molecule has 6 heteroatoms. The molecule has 3 aliphatic heterocycles. The Hall–Kier alpha value is -2.37. The van der Waals surface area contributed by atoms with Gasteiger partial charge in [-0.25, -0.2) is 0 Å². The Balaban J connectivity index is 1.58. The number of hydrogen-bond acceptors (Lipinski definition) is 4. The van der Waals surface area contributed by atoms with Gasteiger partial charge in [-0.2, -0.15) is 0 Å². The van der Waals surface area contributed by atoms with Crippen molar-refractivity contribution in [3.8, 4) is 0 Å². The first-order chi connectivity index (χ1) is 10.6. The van der Waals surface area contributed by atoms with E-state index in [0.717, 1.165) is 24.3 Å². The Kier molecular flexibility index (Phi) is 2.92. The SMILES string of the molecule is O=C1CC[C@@H](N2Cc3cc(N4CCC4)ccc3C2=O)C(=O)N1. The summed E-state index contributed by atoms with van der Waals surface area (Å²) in [6, 6.07) is 5.35. The number of benzene rings is 1. The van der Waals surface area contributed by atoms with Crippen LogP contribution < -0.4 is 10.2 Å². The van der Waals surface area contributed by atoms with E-state index in [1.165, 1.54) is 6.42 Å². The molecule has 114 valence electrons. The number of piperidine rings is 1. The lowest BCUT2D eigenvalue weighted by molar-refractivity contribution is -0.136. The second-order valence-corrected chi connectivity index (χ2v) is 6.08. The van der Waals surface area contributed by atoms with Gasteiger partial charge in [0.1, 0.15) is 6.04 Å². The fourth-order valence-corrected chi connectivity index (χ4v) is 3.33. The van der Waals surface area contributed by atoms with Crippen molar-refractivity contribution in [1.82, 2.24) is 10.2 Å². The number of fused-ring (bicyclic) bond motifs is 1. The third kappa shape index (κ3) is 1.98. The summed E-state index contributed by atoms with van der Waals surface area (Å²) in [4.78, 5) is 39.6. The van der Waals surface area contributed by atoms with E-state index < -0.39 is 6.04 Å². The third-order valence-electron chi connectivity index (χ3n) is 4.73. The number of hydrogen-bond donors (Lipinski definition) is 1. The van der Waals surface area contributed by atoms with Crippen LogP contribution in [-0.4, -0.2) is 41.8 Å². The highest BCUT2D eigenvalue weighted by molar-refractivity contribution is 6.05. The molecule has 0 spiro atoms. The fourth-order valence-electron chi connectivity index (χ4n) is 3.33. The van der Waals surface area contributed by atoms with Crippen LogP contribution in [-0.2, 0) is 16.1 Å². The van der Waals surface area contributed by atoms with Gasteiger partial charge in [0.05, 0.1) is 0 Å². The predicted molar refractivity (Wildman–Crippen MR) is 79.3 cm³/mol. The molecule has 1 aromatic carbocycles. The van der Waals surface area contributed by atoms with E-state index in [9.17, 15) is 14.4 Å². The highest BCUT2D eigenvalue weighted by Gasteiger charge is 2.39. The minimum absolute atomic E-state index is 0.111. The molecular weight excluding hydrogens is 282 g/mol. The van der Waals surface area contributed by atoms with Crippen LogP contribution >= 0.6 is 0 Å². The molecule has 0 radical (unpaired) electrons. The van der Waals surface area contributed by atoms with Crippen LogP contribution in [0.1, 0.15) is 35.2 Å². The molecule has 2 saturated heterocycles. The van der Waals surface area contributed by atoms with Crippen LogP contribution in [0.25, 0.3) is 0 Å². The van der Waals surface area contributed by atoms with Gasteiger partial charge < -0.3 is 9.80 Å². The van der Waals surface area contributed by atoms with E-state index in [0.29, 0.717) is 18.5 Å². The van der Waals surface area contributed by atoms with Gasteiger partial charge in [-0.1, -0.05) is 0 Å². The van der Waals surface area contributed by atoms with Crippen molar-refractivity contribution in [2.24, 2.45) is 0 Å². The van der Waals surface area contributed by atoms with E-state index in [1.54, 1.807) is 4.90 Å². The Morgan fingerprint density at radius 1 is 1.14 bits per heavy atom. The molecule has 0 aromatic heterocycles. The summed E-state index contributed by atoms with van der Waals surface area (Å²) in [7, 11) is 0. The molecule has 3 amide bonds. The number of carbonyl (C=O) groups excluding carboxylic acids is 3. The summed E-state index contributed by atoms with van der Waals surface area (Å²) in [5.74, 6) is -0.731. The largest absolute Gasteiger partial charge is 0.371 e. The predicted octanol–water partition coefficient (Wildman–Crippen LogP) is 0.658. The zero-order chi connectivity index (χ0) is 15.3. The van der Waals surface area contributed by atoms with Gasteiger partial charge in [0.15, 0.2) is 0 Å². The maximum absolute atomic E-state index is 12.5. The minimum atomic E-state index is -0.537. The Bertz CT molecular complexity index is 681. The highest BCUT2D eigenvalue weighted by atomic mass is 16.2. The van der Waals surface area contributed by atoms with Gasteiger partial charge in [-0.3, -0.25) is 19.7 Å². The van der Waals surface area contributed by atoms with E-state index in [1.807, 2.05) is 12.1 Å². The lowest BCUT2D eigenvalue weighted by atomic mass is 10.0. The lowest BCUT2D eigenvalue weighted by Crippen LogP contribution is -2.52. The Morgan fingerprint density at radius 2 is 1.95 bits per heavy atom. The average molecular weight is 299 g/mol. The van der Waals surface area contributed by atoms with E-state index in [2.05, 4.69) is 16.3 Å². The Labute approximate surface area is 128 Å². The Morgan fingerprint density at radius 3 is 2.64 bits per heavy atom. The topological polar surface area (TPSA) is 69.7 Å². The summed E-state index contributed by atoms with van der Waals surface area (Å²) in [6.45, 7) is 2.56. The fraction of sp³-hybridized carbons (Fsp3) is 0.438. The maximum Gasteiger partial charge on any atom is 0.255 e. The molecule has 2 fully saturated rings. The normalized spacial score (nSPS) is 24.2. The molecule has 0 aliphatic carbocycles. The van der Waals surface area contributed by atoms with Gasteiger partial charge in [0.25, 0.3) is 5.91 Å². The van der Waals surface area contributed by atoms with Crippen molar-refractivity contribution in [2.75, 3.05) is 18.0 Å². The molecule has 1 aromatic rings. The van der Waals surface area contributed by atoms with Gasteiger partial charge in [-0.05, 0) is 36.6 Å². The molecule has 4 rings (SSSR count). The van der Waals surface area contributed by atoms with Crippen LogP contribution in [0.15, 0.2) is 18.2 Å². The van der Waals surface area contributed by atoms with E-state index >= 15 is 0 Å². The zero-order valence-electron chi connectivity index (χ0n) is 12.2. The number of nitrogens with zero attached hydrogens (tertiary/aromatic N) is 2. The quantitative estimate of drug-likeness (QED) is 0.814. The third-order valence-corrected chi connectivity index (χ3v) is 4.73. The lowest BCUT2D eigenvalue weighted by Gasteiger charge is -2.33. The standard InChI is InChI=1S/C16H17N3O3/c20-14-5-4-13(15(21)17-14)19-9-10-8-11(18-6-1-7-18)2-3-12(10)16(19)22/h2-3,8,13H,1,4-7,9H2,(H,17,20,21)/t13-/m1/s1. The average Bonchev–Trinajstić information content (AvgIpc) is 2.74. The van der Waals surface area contributed by atoms with Crippen molar-refractivity contribution < 1.29 is 14.4 Å². The number of rotatable bonds is 2. The molecule has 22 heavy (non-hydrogen) atoms. The number of anilines is 1. The van der Waals surface area contributed by atoms with Gasteiger partial charge >= 0.3 is 0 Å². The van der Waals surface area contributed by atoms with E-state index in [-0.39, 0.29) is 24.1 Å². The number of nitrogens with one attached hydrogen (secondary N) is 1. The molecule has 6 nitrogen and oxygen atoms in total. The molecule has 3 heterocycles. The first kappa shape index (κ1) is 13.3. The van der Waals surface area contributed by atoms with Crippen molar-refractivity contribution in [3.05, 3.63) is 29.3 Å². The molecule has 0 unspecified atom stereocenters. The maximum atomic E-state index is 12.5. The van der Waals surface area contributed by atoms with Crippen LogP contribution in [0.2, 0.25) is 0 Å². The molecule has 1 N–H and O–H groups in total. The molecular formula is C16H17N3O3. The minimum Gasteiger partial charge on any atom is -0.371 e. The highest BCUT2D eigenvalue weighted by Crippen LogP contribution is 2.31. The van der Waals surface area contributed by atoms with Crippen molar-refractivity contribution in [2.45, 2.75) is 31.8 Å². The van der Waals surface area contributed by atoms with Crippen LogP contribution in [0.5, 0.6) is 0 Å². The van der Waals surface area contributed by atoms with Gasteiger partial charge in [-0.15, -0.1) is 0 Å². The number of imide groups is 1. The zero-order valence-corrected chi connectivity index (χ0v) is 12.2. The first-order valence-corrected chi connectivity index (χ1v) is 7.66. The van der Waals surface area contributed by atoms with Crippen molar-refractivity contribution >= 4 is 23.4 Å². The molecule has 0 saturated carbocycles. The van der Waals surface area contributed by atoms with Crippen molar-refractivity contribution in [3.63, 3.8) is 0 Å². The smallest absolute Gasteiger partial charge is 0.255 e. The summed E-state index contributed by atoms with van der Waals surface area (Å²) < 4.78 is 0. The molecule has 3 aliphatic rings. The summed E-state index contributed by atoms with van der Waals surface area (Å²) in [6.07, 6.45) is 1.90. The monoisotopic (exact) mass is 299 g/mol. The second kappa shape index (κ2) is 4.83. The van der Waals surface area contributed by atoms with Gasteiger partial charge in [0, 0.05) is 37.3 Å². The van der Waals surface area contributed by atoms with Crippen LogP contribution in [0, 0.1) is 0 Å². The molecule has 1 atom stereocenters. The van der Waals surface area contributed by atoms with Gasteiger partial charge in [0.2, 0.25) is 11.8 Å². The molecule has 0 bridgehead atoms.